The second-order valence-electron chi connectivity index (χ2n) is 5.18. The van der Waals surface area contributed by atoms with Gasteiger partial charge in [0.1, 0.15) is 6.54 Å². The van der Waals surface area contributed by atoms with Crippen LogP contribution in [0.1, 0.15) is 41.0 Å². The summed E-state index contributed by atoms with van der Waals surface area (Å²) >= 11 is 0. The van der Waals surface area contributed by atoms with E-state index in [4.69, 9.17) is 5.11 Å². The molecule has 0 aliphatic carbocycles. The van der Waals surface area contributed by atoms with Crippen molar-refractivity contribution in [1.82, 2.24) is 4.90 Å². The molecule has 1 N–H and O–H groups in total. The molecule has 2 atom stereocenters. The van der Waals surface area contributed by atoms with Gasteiger partial charge < -0.3 is 10.0 Å². The van der Waals surface area contributed by atoms with E-state index in [9.17, 15) is 9.59 Å². The summed E-state index contributed by atoms with van der Waals surface area (Å²) in [5, 5.41) is 8.83. The van der Waals surface area contributed by atoms with E-state index < -0.39 is 5.97 Å². The fourth-order valence-corrected chi connectivity index (χ4v) is 1.72. The summed E-state index contributed by atoms with van der Waals surface area (Å²) in [7, 11) is 0. The van der Waals surface area contributed by atoms with Crippen molar-refractivity contribution in [2.75, 3.05) is 13.1 Å². The molecule has 0 aromatic carbocycles. The van der Waals surface area contributed by atoms with E-state index in [2.05, 4.69) is 0 Å². The fraction of sp³-hybridized carbons (Fsp3) is 0.846. The molecule has 0 aliphatic rings. The van der Waals surface area contributed by atoms with E-state index >= 15 is 0 Å². The van der Waals surface area contributed by atoms with Gasteiger partial charge in [0.2, 0.25) is 5.91 Å². The summed E-state index contributed by atoms with van der Waals surface area (Å²) in [5.41, 5.74) is 0. The number of amides is 1. The summed E-state index contributed by atoms with van der Waals surface area (Å²) in [6, 6.07) is 0. The maximum atomic E-state index is 12.2. The van der Waals surface area contributed by atoms with Gasteiger partial charge in [-0.2, -0.15) is 0 Å². The monoisotopic (exact) mass is 243 g/mol. The van der Waals surface area contributed by atoms with Crippen LogP contribution in [0.5, 0.6) is 0 Å². The third-order valence-electron chi connectivity index (χ3n) is 3.11. The van der Waals surface area contributed by atoms with Crippen LogP contribution in [0.15, 0.2) is 0 Å². The van der Waals surface area contributed by atoms with E-state index in [0.717, 1.165) is 6.42 Å². The number of carbonyl (C=O) groups excluding carboxylic acids is 1. The maximum Gasteiger partial charge on any atom is 0.323 e. The Hall–Kier alpha value is -1.06. The van der Waals surface area contributed by atoms with Gasteiger partial charge in [-0.3, -0.25) is 9.59 Å². The molecule has 0 aliphatic heterocycles. The lowest BCUT2D eigenvalue weighted by Gasteiger charge is -2.28. The van der Waals surface area contributed by atoms with Gasteiger partial charge >= 0.3 is 5.97 Å². The average Bonchev–Trinajstić information content (AvgIpc) is 2.23. The normalized spacial score (nSPS) is 14.5. The van der Waals surface area contributed by atoms with Crippen molar-refractivity contribution in [3.05, 3.63) is 0 Å². The highest BCUT2D eigenvalue weighted by atomic mass is 16.4. The van der Waals surface area contributed by atoms with Gasteiger partial charge in [0.25, 0.3) is 0 Å². The lowest BCUT2D eigenvalue weighted by molar-refractivity contribution is -0.147. The third-order valence-corrected chi connectivity index (χ3v) is 3.11. The average molecular weight is 243 g/mol. The highest BCUT2D eigenvalue weighted by molar-refractivity contribution is 5.83. The first-order valence-corrected chi connectivity index (χ1v) is 6.30. The molecule has 0 heterocycles. The number of aliphatic carboxylic acids is 1. The predicted octanol–water partition coefficient (Wildman–Crippen LogP) is 2.24. The van der Waals surface area contributed by atoms with Crippen LogP contribution < -0.4 is 0 Å². The molecule has 0 aromatic heterocycles. The highest BCUT2D eigenvalue weighted by Gasteiger charge is 2.26. The summed E-state index contributed by atoms with van der Waals surface area (Å²) in [6.45, 7) is 10.2. The quantitative estimate of drug-likeness (QED) is 0.746. The van der Waals surface area contributed by atoms with E-state index in [1.807, 2.05) is 34.6 Å². The fourth-order valence-electron chi connectivity index (χ4n) is 1.72. The van der Waals surface area contributed by atoms with Crippen molar-refractivity contribution < 1.29 is 14.7 Å². The molecular formula is C13H25NO3. The smallest absolute Gasteiger partial charge is 0.323 e. The minimum Gasteiger partial charge on any atom is -0.480 e. The molecule has 0 fully saturated rings. The van der Waals surface area contributed by atoms with Crippen molar-refractivity contribution in [2.45, 2.75) is 41.0 Å². The number of carbonyl (C=O) groups is 2. The SMILES string of the molecule is CCC(C)C(C)C(=O)N(CC(=O)O)CC(C)C. The van der Waals surface area contributed by atoms with E-state index in [1.54, 1.807) is 0 Å². The molecule has 0 aromatic rings. The zero-order chi connectivity index (χ0) is 13.6. The lowest BCUT2D eigenvalue weighted by atomic mass is 9.92. The predicted molar refractivity (Wildman–Crippen MR) is 67.7 cm³/mol. The molecule has 0 rings (SSSR count). The molecule has 0 saturated heterocycles. The molecule has 1 amide bonds. The van der Waals surface area contributed by atoms with Crippen LogP contribution in [-0.4, -0.2) is 35.0 Å². The van der Waals surface area contributed by atoms with E-state index in [1.165, 1.54) is 4.90 Å². The van der Waals surface area contributed by atoms with Crippen molar-refractivity contribution in [3.8, 4) is 0 Å². The van der Waals surface area contributed by atoms with Gasteiger partial charge in [-0.05, 0) is 11.8 Å². The van der Waals surface area contributed by atoms with Gasteiger partial charge in [0.15, 0.2) is 0 Å². The zero-order valence-electron chi connectivity index (χ0n) is 11.6. The topological polar surface area (TPSA) is 57.6 Å². The van der Waals surface area contributed by atoms with Crippen molar-refractivity contribution in [2.24, 2.45) is 17.8 Å². The Balaban J connectivity index is 4.66. The largest absolute Gasteiger partial charge is 0.480 e. The van der Waals surface area contributed by atoms with Gasteiger partial charge in [-0.1, -0.05) is 41.0 Å². The minimum atomic E-state index is -0.949. The van der Waals surface area contributed by atoms with Crippen LogP contribution in [0.3, 0.4) is 0 Å². The van der Waals surface area contributed by atoms with Crippen LogP contribution in [0.2, 0.25) is 0 Å². The summed E-state index contributed by atoms with van der Waals surface area (Å²) < 4.78 is 0. The molecule has 2 unspecified atom stereocenters. The van der Waals surface area contributed by atoms with Crippen molar-refractivity contribution in [1.29, 1.82) is 0 Å². The number of carboxylic acid groups (broad SMARTS) is 1. The number of rotatable bonds is 7. The first kappa shape index (κ1) is 15.9. The minimum absolute atomic E-state index is 0.0459. The van der Waals surface area contributed by atoms with E-state index in [0.29, 0.717) is 6.54 Å². The van der Waals surface area contributed by atoms with Crippen LogP contribution in [-0.2, 0) is 9.59 Å². The molecule has 0 radical (unpaired) electrons. The Morgan fingerprint density at radius 2 is 1.71 bits per heavy atom. The number of hydrogen-bond donors (Lipinski definition) is 1. The summed E-state index contributed by atoms with van der Waals surface area (Å²) in [6.07, 6.45) is 0.926. The van der Waals surface area contributed by atoms with Crippen LogP contribution in [0, 0.1) is 17.8 Å². The Morgan fingerprint density at radius 1 is 1.18 bits per heavy atom. The molecule has 17 heavy (non-hydrogen) atoms. The lowest BCUT2D eigenvalue weighted by Crippen LogP contribution is -2.42. The second-order valence-corrected chi connectivity index (χ2v) is 5.18. The molecule has 100 valence electrons. The van der Waals surface area contributed by atoms with Gasteiger partial charge in [0, 0.05) is 12.5 Å². The number of carboxylic acids is 1. The number of hydrogen-bond acceptors (Lipinski definition) is 2. The third kappa shape index (κ3) is 5.71. The Kier molecular flexibility index (Phi) is 6.85. The first-order valence-electron chi connectivity index (χ1n) is 6.30. The molecule has 4 heteroatoms. The Morgan fingerprint density at radius 3 is 2.06 bits per heavy atom. The maximum absolute atomic E-state index is 12.2. The van der Waals surface area contributed by atoms with Gasteiger partial charge in [-0.25, -0.2) is 0 Å². The molecule has 0 spiro atoms. The van der Waals surface area contributed by atoms with E-state index in [-0.39, 0.29) is 30.2 Å². The standard InChI is InChI=1S/C13H25NO3/c1-6-10(4)11(5)13(17)14(7-9(2)3)8-12(15)16/h9-11H,6-8H2,1-5H3,(H,15,16). The van der Waals surface area contributed by atoms with Crippen molar-refractivity contribution >= 4 is 11.9 Å². The molecule has 4 nitrogen and oxygen atoms in total. The van der Waals surface area contributed by atoms with Crippen LogP contribution in [0.4, 0.5) is 0 Å². The molecule has 0 saturated carbocycles. The second kappa shape index (κ2) is 7.30. The highest BCUT2D eigenvalue weighted by Crippen LogP contribution is 2.18. The van der Waals surface area contributed by atoms with Gasteiger partial charge in [-0.15, -0.1) is 0 Å². The van der Waals surface area contributed by atoms with Gasteiger partial charge in [0.05, 0.1) is 0 Å². The summed E-state index contributed by atoms with van der Waals surface area (Å²) in [5.74, 6) is -0.544. The molecular weight excluding hydrogens is 218 g/mol. The van der Waals surface area contributed by atoms with Crippen LogP contribution >= 0.6 is 0 Å². The van der Waals surface area contributed by atoms with Crippen LogP contribution in [0.25, 0.3) is 0 Å². The first-order chi connectivity index (χ1) is 7.79. The summed E-state index contributed by atoms with van der Waals surface area (Å²) in [4.78, 5) is 24.4. The molecule has 0 bridgehead atoms. The van der Waals surface area contributed by atoms with Crippen molar-refractivity contribution in [3.63, 3.8) is 0 Å². The Labute approximate surface area is 104 Å². The zero-order valence-corrected chi connectivity index (χ0v) is 11.6. The number of nitrogens with zero attached hydrogens (tertiary/aromatic N) is 1. The Bertz CT molecular complexity index is 263.